The molecule has 1 aromatic carbocycles. The first-order chi connectivity index (χ1) is 14.1. The third kappa shape index (κ3) is 6.35. The predicted molar refractivity (Wildman–Crippen MR) is 110 cm³/mol. The summed E-state index contributed by atoms with van der Waals surface area (Å²) in [5.41, 5.74) is 5.71. The number of nitrogens with one attached hydrogen (secondary N) is 1. The van der Waals surface area contributed by atoms with E-state index in [-0.39, 0.29) is 14.6 Å². The fraction of sp³-hybridized carbons (Fsp3) is 0.278. The van der Waals surface area contributed by atoms with Gasteiger partial charge in [0.1, 0.15) is 4.90 Å². The Balaban J connectivity index is 1.92. The molecule has 5 N–H and O–H groups in total. The minimum absolute atomic E-state index is 0.177. The van der Waals surface area contributed by atoms with E-state index in [9.17, 15) is 22.8 Å². The molecule has 0 spiro atoms. The van der Waals surface area contributed by atoms with Gasteiger partial charge in [-0.15, -0.1) is 11.3 Å². The maximum absolute atomic E-state index is 12.3. The van der Waals surface area contributed by atoms with E-state index in [0.717, 1.165) is 16.3 Å². The van der Waals surface area contributed by atoms with Gasteiger partial charge in [-0.1, -0.05) is 25.1 Å². The molecule has 1 heterocycles. The number of nitrogens with two attached hydrogens (primary N) is 2. The van der Waals surface area contributed by atoms with Crippen LogP contribution in [0.2, 0.25) is 0 Å². The van der Waals surface area contributed by atoms with Gasteiger partial charge in [-0.2, -0.15) is 8.42 Å². The standard InChI is InChI=1S/C18H22N4O6S2/c1-2-10-22(20)18(25)14-9-8-13(29-14)17(24)21-15(19)11-16(23)28-30(26,27)12-6-4-3-5-7-12/h3-9,15H,2,10-11,19-20H2,1H3,(H,21,24). The number of thiophene rings is 1. The van der Waals surface area contributed by atoms with Crippen molar-refractivity contribution in [3.8, 4) is 0 Å². The summed E-state index contributed by atoms with van der Waals surface area (Å²) in [6.45, 7) is 2.25. The number of carbonyl (C=O) groups is 3. The summed E-state index contributed by atoms with van der Waals surface area (Å²) in [6, 6.07) is 10.0. The highest BCUT2D eigenvalue weighted by Gasteiger charge is 2.23. The van der Waals surface area contributed by atoms with Gasteiger partial charge < -0.3 is 15.2 Å². The first-order valence-corrected chi connectivity index (χ1v) is 11.1. The molecule has 1 unspecified atom stereocenters. The summed E-state index contributed by atoms with van der Waals surface area (Å²) in [5.74, 6) is 3.49. The molecule has 0 saturated carbocycles. The van der Waals surface area contributed by atoms with Crippen LogP contribution in [0.4, 0.5) is 0 Å². The zero-order chi connectivity index (χ0) is 22.3. The Labute approximate surface area is 177 Å². The van der Waals surface area contributed by atoms with Crippen molar-refractivity contribution in [2.24, 2.45) is 11.6 Å². The normalized spacial score (nSPS) is 12.1. The minimum atomic E-state index is -4.27. The van der Waals surface area contributed by atoms with Crippen molar-refractivity contribution in [1.82, 2.24) is 10.3 Å². The molecule has 0 saturated heterocycles. The molecule has 162 valence electrons. The molecule has 12 heteroatoms. The largest absolute Gasteiger partial charge is 0.342 e. The lowest BCUT2D eigenvalue weighted by Crippen LogP contribution is -2.43. The molecular formula is C18H22N4O6S2. The quantitative estimate of drug-likeness (QED) is 0.165. The molecule has 0 radical (unpaired) electrons. The Morgan fingerprint density at radius 3 is 2.40 bits per heavy atom. The maximum atomic E-state index is 12.3. The van der Waals surface area contributed by atoms with Crippen LogP contribution in [0.25, 0.3) is 0 Å². The zero-order valence-corrected chi connectivity index (χ0v) is 17.7. The van der Waals surface area contributed by atoms with E-state index in [0.29, 0.717) is 13.0 Å². The molecule has 0 aliphatic carbocycles. The first kappa shape index (κ1) is 23.5. The number of carbonyl (C=O) groups excluding carboxylic acids is 3. The van der Waals surface area contributed by atoms with Crippen LogP contribution in [0.1, 0.15) is 39.1 Å². The van der Waals surface area contributed by atoms with E-state index in [1.807, 2.05) is 6.92 Å². The van der Waals surface area contributed by atoms with E-state index >= 15 is 0 Å². The molecular weight excluding hydrogens is 432 g/mol. The third-order valence-corrected chi connectivity index (χ3v) is 6.03. The fourth-order valence-corrected chi connectivity index (χ4v) is 4.09. The van der Waals surface area contributed by atoms with Gasteiger partial charge in [-0.25, -0.2) is 5.84 Å². The number of hydrazine groups is 1. The molecule has 1 aromatic heterocycles. The molecule has 2 amide bonds. The van der Waals surface area contributed by atoms with Crippen molar-refractivity contribution >= 4 is 39.2 Å². The van der Waals surface area contributed by atoms with Gasteiger partial charge in [0.15, 0.2) is 0 Å². The van der Waals surface area contributed by atoms with E-state index in [2.05, 4.69) is 9.50 Å². The highest BCUT2D eigenvalue weighted by molar-refractivity contribution is 7.87. The summed E-state index contributed by atoms with van der Waals surface area (Å²) in [6.07, 6.45) is -1.07. The maximum Gasteiger partial charge on any atom is 0.341 e. The third-order valence-electron chi connectivity index (χ3n) is 3.70. The molecule has 0 fully saturated rings. The van der Waals surface area contributed by atoms with Gasteiger partial charge in [0.25, 0.3) is 11.8 Å². The van der Waals surface area contributed by atoms with Crippen molar-refractivity contribution in [1.29, 1.82) is 0 Å². The van der Waals surface area contributed by atoms with Crippen molar-refractivity contribution in [2.45, 2.75) is 30.8 Å². The SMILES string of the molecule is CCCN(N)C(=O)c1ccc(C(=O)NC(N)CC(=O)OS(=O)(=O)c2ccccc2)s1. The van der Waals surface area contributed by atoms with Gasteiger partial charge in [0.2, 0.25) is 0 Å². The topological polar surface area (TPSA) is 162 Å². The van der Waals surface area contributed by atoms with E-state index in [4.69, 9.17) is 11.6 Å². The lowest BCUT2D eigenvalue weighted by Gasteiger charge is -2.14. The lowest BCUT2D eigenvalue weighted by atomic mass is 10.3. The van der Waals surface area contributed by atoms with Crippen LogP contribution in [0.15, 0.2) is 47.4 Å². The number of benzene rings is 1. The van der Waals surface area contributed by atoms with Crippen molar-refractivity contribution < 1.29 is 27.0 Å². The summed E-state index contributed by atoms with van der Waals surface area (Å²) in [5, 5.41) is 3.41. The second-order valence-corrected chi connectivity index (χ2v) is 8.80. The molecule has 0 bridgehead atoms. The predicted octanol–water partition coefficient (Wildman–Crippen LogP) is 0.811. The Bertz CT molecular complexity index is 1010. The Morgan fingerprint density at radius 1 is 1.13 bits per heavy atom. The van der Waals surface area contributed by atoms with E-state index < -0.39 is 40.5 Å². The fourth-order valence-electron chi connectivity index (χ4n) is 2.32. The molecule has 0 aliphatic heterocycles. The van der Waals surface area contributed by atoms with Crippen LogP contribution in [0.5, 0.6) is 0 Å². The van der Waals surface area contributed by atoms with E-state index in [1.54, 1.807) is 6.07 Å². The van der Waals surface area contributed by atoms with Crippen LogP contribution in [-0.4, -0.2) is 43.9 Å². The second kappa shape index (κ2) is 10.3. The smallest absolute Gasteiger partial charge is 0.341 e. The van der Waals surface area contributed by atoms with Crippen molar-refractivity contribution in [2.75, 3.05) is 6.54 Å². The van der Waals surface area contributed by atoms with Crippen LogP contribution in [0.3, 0.4) is 0 Å². The van der Waals surface area contributed by atoms with Crippen LogP contribution < -0.4 is 16.9 Å². The van der Waals surface area contributed by atoms with Crippen molar-refractivity contribution in [3.63, 3.8) is 0 Å². The average Bonchev–Trinajstić information content (AvgIpc) is 3.18. The Hall–Kier alpha value is -2.80. The van der Waals surface area contributed by atoms with Gasteiger partial charge in [-0.05, 0) is 30.7 Å². The summed E-state index contributed by atoms with van der Waals surface area (Å²) >= 11 is 0.921. The highest BCUT2D eigenvalue weighted by atomic mass is 32.2. The van der Waals surface area contributed by atoms with Gasteiger partial charge >= 0.3 is 16.1 Å². The monoisotopic (exact) mass is 454 g/mol. The number of rotatable bonds is 9. The summed E-state index contributed by atoms with van der Waals surface area (Å²) in [7, 11) is -4.27. The molecule has 10 nitrogen and oxygen atoms in total. The van der Waals surface area contributed by atoms with E-state index in [1.165, 1.54) is 36.4 Å². The van der Waals surface area contributed by atoms with Crippen LogP contribution >= 0.6 is 11.3 Å². The minimum Gasteiger partial charge on any atom is -0.342 e. The van der Waals surface area contributed by atoms with Crippen molar-refractivity contribution in [3.05, 3.63) is 52.2 Å². The van der Waals surface area contributed by atoms with Gasteiger partial charge in [0, 0.05) is 6.54 Å². The molecule has 0 aliphatic rings. The van der Waals surface area contributed by atoms with Gasteiger partial charge in [-0.3, -0.25) is 19.4 Å². The van der Waals surface area contributed by atoms with Gasteiger partial charge in [0.05, 0.1) is 22.3 Å². The number of nitrogens with zero attached hydrogens (tertiary/aromatic N) is 1. The zero-order valence-electron chi connectivity index (χ0n) is 16.1. The van der Waals surface area contributed by atoms with Crippen LogP contribution in [-0.2, 0) is 19.1 Å². The number of amides is 2. The summed E-state index contributed by atoms with van der Waals surface area (Å²) in [4.78, 5) is 36.6. The Kier molecular flexibility index (Phi) is 8.06. The molecule has 1 atom stereocenters. The first-order valence-electron chi connectivity index (χ1n) is 8.89. The molecule has 30 heavy (non-hydrogen) atoms. The highest BCUT2D eigenvalue weighted by Crippen LogP contribution is 2.18. The van der Waals surface area contributed by atoms with Crippen LogP contribution in [0, 0.1) is 0 Å². The average molecular weight is 455 g/mol. The lowest BCUT2D eigenvalue weighted by molar-refractivity contribution is -0.134. The number of hydrogen-bond donors (Lipinski definition) is 3. The number of hydrogen-bond acceptors (Lipinski definition) is 9. The molecule has 2 rings (SSSR count). The summed E-state index contributed by atoms with van der Waals surface area (Å²) < 4.78 is 28.5. The molecule has 2 aromatic rings. The Morgan fingerprint density at radius 2 is 1.77 bits per heavy atom. The second-order valence-electron chi connectivity index (χ2n) is 6.17.